The van der Waals surface area contributed by atoms with Gasteiger partial charge in [-0.15, -0.1) is 0 Å². The molecule has 92 valence electrons. The van der Waals surface area contributed by atoms with Crippen molar-refractivity contribution in [3.8, 4) is 0 Å². The summed E-state index contributed by atoms with van der Waals surface area (Å²) in [6.07, 6.45) is 0. The summed E-state index contributed by atoms with van der Waals surface area (Å²) in [6.45, 7) is 15.3. The Morgan fingerprint density at radius 3 is 1.44 bits per heavy atom. The molecule has 0 saturated carbocycles. The minimum atomic E-state index is 0.639. The van der Waals surface area contributed by atoms with Crippen molar-refractivity contribution in [1.82, 2.24) is 9.13 Å². The third-order valence-corrected chi connectivity index (χ3v) is 3.33. The van der Waals surface area contributed by atoms with Crippen molar-refractivity contribution in [1.29, 1.82) is 0 Å². The van der Waals surface area contributed by atoms with Crippen LogP contribution >= 0.6 is 12.2 Å². The quantitative estimate of drug-likeness (QED) is 0.725. The van der Waals surface area contributed by atoms with Crippen LogP contribution < -0.4 is 0 Å². The Bertz CT molecular complexity index is 374. The van der Waals surface area contributed by atoms with Gasteiger partial charge in [0, 0.05) is 24.5 Å². The van der Waals surface area contributed by atoms with Crippen LogP contribution in [0.4, 0.5) is 0 Å². The molecule has 0 aliphatic rings. The molecule has 0 bridgehead atoms. The summed E-state index contributed by atoms with van der Waals surface area (Å²) < 4.78 is 5.53. The first-order chi connectivity index (χ1) is 7.34. The predicted molar refractivity (Wildman–Crippen MR) is 72.4 cm³/mol. The maximum Gasteiger partial charge on any atom is 0.180 e. The molecule has 3 heteroatoms. The third-order valence-electron chi connectivity index (χ3n) is 2.89. The molecular formula is C13H24N2S. The highest BCUT2D eigenvalue weighted by atomic mass is 32.1. The summed E-state index contributed by atoms with van der Waals surface area (Å²) in [6, 6.07) is 0. The Kier molecular flexibility index (Phi) is 4.36. The fourth-order valence-electron chi connectivity index (χ4n) is 1.98. The van der Waals surface area contributed by atoms with Crippen LogP contribution in [0.2, 0.25) is 0 Å². The van der Waals surface area contributed by atoms with E-state index in [1.165, 1.54) is 11.4 Å². The lowest BCUT2D eigenvalue weighted by Gasteiger charge is -2.09. The van der Waals surface area contributed by atoms with E-state index < -0.39 is 0 Å². The lowest BCUT2D eigenvalue weighted by molar-refractivity contribution is 0.481. The molecule has 0 spiro atoms. The van der Waals surface area contributed by atoms with Gasteiger partial charge >= 0.3 is 0 Å². The molecule has 0 aromatic carbocycles. The molecule has 0 atom stereocenters. The van der Waals surface area contributed by atoms with Crippen LogP contribution in [0.1, 0.15) is 39.1 Å². The highest BCUT2D eigenvalue weighted by molar-refractivity contribution is 7.71. The van der Waals surface area contributed by atoms with Crippen molar-refractivity contribution < 1.29 is 0 Å². The van der Waals surface area contributed by atoms with Gasteiger partial charge in [0.25, 0.3) is 0 Å². The Balaban J connectivity index is 3.17. The number of aromatic nitrogens is 2. The largest absolute Gasteiger partial charge is 0.321 e. The van der Waals surface area contributed by atoms with Crippen LogP contribution in [-0.4, -0.2) is 9.13 Å². The first-order valence-corrected chi connectivity index (χ1v) is 6.52. The number of imidazole rings is 1. The van der Waals surface area contributed by atoms with Gasteiger partial charge in [-0.1, -0.05) is 27.7 Å². The lowest BCUT2D eigenvalue weighted by Crippen LogP contribution is -2.09. The summed E-state index contributed by atoms with van der Waals surface area (Å²) >= 11 is 5.56. The summed E-state index contributed by atoms with van der Waals surface area (Å²) in [7, 11) is 0. The van der Waals surface area contributed by atoms with E-state index >= 15 is 0 Å². The zero-order valence-corrected chi connectivity index (χ0v) is 12.2. The van der Waals surface area contributed by atoms with Crippen molar-refractivity contribution >= 4 is 12.2 Å². The van der Waals surface area contributed by atoms with Gasteiger partial charge in [-0.2, -0.15) is 0 Å². The van der Waals surface area contributed by atoms with Gasteiger partial charge in [0.1, 0.15) is 0 Å². The fraction of sp³-hybridized carbons (Fsp3) is 0.769. The molecule has 16 heavy (non-hydrogen) atoms. The van der Waals surface area contributed by atoms with Gasteiger partial charge in [0.05, 0.1) is 0 Å². The summed E-state index contributed by atoms with van der Waals surface area (Å²) in [5.41, 5.74) is 2.64. The highest BCUT2D eigenvalue weighted by Gasteiger charge is 2.12. The molecule has 0 fully saturated rings. The van der Waals surface area contributed by atoms with Crippen LogP contribution in [0.25, 0.3) is 0 Å². The summed E-state index contributed by atoms with van der Waals surface area (Å²) in [4.78, 5) is 0. The predicted octanol–water partition coefficient (Wildman–Crippen LogP) is 3.95. The molecule has 1 aromatic heterocycles. The van der Waals surface area contributed by atoms with E-state index in [9.17, 15) is 0 Å². The highest BCUT2D eigenvalue weighted by Crippen LogP contribution is 2.16. The van der Waals surface area contributed by atoms with Crippen molar-refractivity contribution in [2.75, 3.05) is 0 Å². The Labute approximate surface area is 104 Å². The molecule has 1 heterocycles. The van der Waals surface area contributed by atoms with Gasteiger partial charge in [0.2, 0.25) is 0 Å². The Morgan fingerprint density at radius 2 is 1.19 bits per heavy atom. The average molecular weight is 240 g/mol. The molecule has 1 aromatic rings. The van der Waals surface area contributed by atoms with E-state index in [1.54, 1.807) is 0 Å². The maximum atomic E-state index is 5.56. The van der Waals surface area contributed by atoms with Crippen LogP contribution in [0.15, 0.2) is 0 Å². The second-order valence-electron chi connectivity index (χ2n) is 5.46. The number of hydrogen-bond donors (Lipinski definition) is 0. The fourth-order valence-corrected chi connectivity index (χ4v) is 2.41. The minimum Gasteiger partial charge on any atom is -0.321 e. The monoisotopic (exact) mass is 240 g/mol. The van der Waals surface area contributed by atoms with Crippen molar-refractivity contribution in [2.45, 2.75) is 54.6 Å². The normalized spacial score (nSPS) is 11.8. The topological polar surface area (TPSA) is 9.86 Å². The Morgan fingerprint density at radius 1 is 0.875 bits per heavy atom. The molecule has 0 saturated heterocycles. The summed E-state index contributed by atoms with van der Waals surface area (Å²) in [5.74, 6) is 1.28. The third kappa shape index (κ3) is 2.76. The molecule has 2 nitrogen and oxygen atoms in total. The zero-order chi connectivity index (χ0) is 12.5. The molecule has 0 aliphatic carbocycles. The van der Waals surface area contributed by atoms with Gasteiger partial charge in [-0.3, -0.25) is 0 Å². The number of nitrogens with zero attached hydrogens (tertiary/aromatic N) is 2. The maximum absolute atomic E-state index is 5.56. The van der Waals surface area contributed by atoms with E-state index in [0.29, 0.717) is 11.8 Å². The molecule has 1 rings (SSSR count). The SMILES string of the molecule is Cc1c(C)n(CC(C)C)c(=S)n1CC(C)C. The van der Waals surface area contributed by atoms with Crippen molar-refractivity contribution in [3.05, 3.63) is 16.2 Å². The second kappa shape index (κ2) is 5.17. The van der Waals surface area contributed by atoms with E-state index in [0.717, 1.165) is 17.9 Å². The van der Waals surface area contributed by atoms with Crippen molar-refractivity contribution in [2.24, 2.45) is 11.8 Å². The van der Waals surface area contributed by atoms with Crippen LogP contribution in [0.5, 0.6) is 0 Å². The number of hydrogen-bond acceptors (Lipinski definition) is 1. The average Bonchev–Trinajstić information content (AvgIpc) is 2.34. The van der Waals surface area contributed by atoms with Gasteiger partial charge in [-0.25, -0.2) is 0 Å². The molecule has 0 aliphatic heterocycles. The standard InChI is InChI=1S/C13H24N2S/c1-9(2)7-14-11(5)12(6)15(13(14)16)8-10(3)4/h9-10H,7-8H2,1-6H3. The molecule has 0 radical (unpaired) electrons. The molecule has 0 amide bonds. The lowest BCUT2D eigenvalue weighted by atomic mass is 10.2. The van der Waals surface area contributed by atoms with E-state index in [4.69, 9.17) is 12.2 Å². The van der Waals surface area contributed by atoms with Crippen LogP contribution in [0.3, 0.4) is 0 Å². The molecule has 0 N–H and O–H groups in total. The Hall–Kier alpha value is -0.570. The van der Waals surface area contributed by atoms with Gasteiger partial charge in [0.15, 0.2) is 4.77 Å². The first kappa shape index (κ1) is 13.5. The minimum absolute atomic E-state index is 0.639. The smallest absolute Gasteiger partial charge is 0.180 e. The number of rotatable bonds is 4. The van der Waals surface area contributed by atoms with E-state index in [2.05, 4.69) is 50.7 Å². The zero-order valence-electron chi connectivity index (χ0n) is 11.4. The van der Waals surface area contributed by atoms with E-state index in [-0.39, 0.29) is 0 Å². The van der Waals surface area contributed by atoms with E-state index in [1.807, 2.05) is 0 Å². The van der Waals surface area contributed by atoms with Gasteiger partial charge < -0.3 is 9.13 Å². The van der Waals surface area contributed by atoms with Crippen molar-refractivity contribution in [3.63, 3.8) is 0 Å². The first-order valence-electron chi connectivity index (χ1n) is 6.11. The van der Waals surface area contributed by atoms with Crippen LogP contribution in [-0.2, 0) is 13.1 Å². The summed E-state index contributed by atoms with van der Waals surface area (Å²) in [5, 5.41) is 0. The molecule has 0 unspecified atom stereocenters. The van der Waals surface area contributed by atoms with Crippen LogP contribution in [0, 0.1) is 30.5 Å². The van der Waals surface area contributed by atoms with Gasteiger partial charge in [-0.05, 0) is 37.9 Å². The second-order valence-corrected chi connectivity index (χ2v) is 5.83. The molecular weight excluding hydrogens is 216 g/mol.